The van der Waals surface area contributed by atoms with Gasteiger partial charge in [0.15, 0.2) is 0 Å². The topological polar surface area (TPSA) is 50.1 Å². The molecule has 0 heterocycles. The van der Waals surface area contributed by atoms with Gasteiger partial charge in [0.2, 0.25) is 0 Å². The van der Waals surface area contributed by atoms with Crippen LogP contribution in [0.3, 0.4) is 0 Å². The molecule has 0 saturated heterocycles. The van der Waals surface area contributed by atoms with Gasteiger partial charge in [0, 0.05) is 5.92 Å². The second-order valence-electron chi connectivity index (χ2n) is 6.67. The van der Waals surface area contributed by atoms with Crippen LogP contribution in [0.1, 0.15) is 38.2 Å². The molecule has 3 heteroatoms. The summed E-state index contributed by atoms with van der Waals surface area (Å²) in [5.74, 6) is 0.436. The number of nitriles is 1. The Balaban J connectivity index is 1.60. The van der Waals surface area contributed by atoms with E-state index in [2.05, 4.69) is 37.3 Å². The summed E-state index contributed by atoms with van der Waals surface area (Å²) in [6.07, 6.45) is 4.12. The zero-order chi connectivity index (χ0) is 17.6. The van der Waals surface area contributed by atoms with E-state index in [-0.39, 0.29) is 17.8 Å². The van der Waals surface area contributed by atoms with Crippen LogP contribution in [0.2, 0.25) is 0 Å². The van der Waals surface area contributed by atoms with Gasteiger partial charge in [0.05, 0.1) is 12.0 Å². The van der Waals surface area contributed by atoms with Crippen molar-refractivity contribution in [2.45, 2.75) is 39.0 Å². The summed E-state index contributed by atoms with van der Waals surface area (Å²) < 4.78 is 5.53. The fraction of sp³-hybridized carbons (Fsp3) is 0.364. The minimum atomic E-state index is -0.170. The maximum Gasteiger partial charge on any atom is 0.314 e. The number of hydrogen-bond acceptors (Lipinski definition) is 3. The molecule has 1 fully saturated rings. The molecule has 0 aromatic heterocycles. The quantitative estimate of drug-likeness (QED) is 0.574. The lowest BCUT2D eigenvalue weighted by molar-refractivity contribution is -0.140. The maximum atomic E-state index is 12.3. The molecular weight excluding hydrogens is 310 g/mol. The van der Waals surface area contributed by atoms with Gasteiger partial charge in [0.1, 0.15) is 5.75 Å². The lowest BCUT2D eigenvalue weighted by atomic mass is 9.83. The van der Waals surface area contributed by atoms with Gasteiger partial charge in [-0.3, -0.25) is 4.79 Å². The van der Waals surface area contributed by atoms with Gasteiger partial charge in [-0.15, -0.1) is 0 Å². The van der Waals surface area contributed by atoms with Gasteiger partial charge in [-0.2, -0.15) is 5.26 Å². The molecule has 2 aromatic rings. The van der Waals surface area contributed by atoms with Gasteiger partial charge in [-0.25, -0.2) is 0 Å². The minimum absolute atomic E-state index is 0.0779. The van der Waals surface area contributed by atoms with Crippen molar-refractivity contribution >= 4 is 5.97 Å². The molecule has 2 aromatic carbocycles. The fourth-order valence-electron chi connectivity index (χ4n) is 3.31. The first-order valence-corrected chi connectivity index (χ1v) is 9.00. The highest BCUT2D eigenvalue weighted by molar-refractivity contribution is 5.75. The van der Waals surface area contributed by atoms with Crippen molar-refractivity contribution in [3.63, 3.8) is 0 Å². The van der Waals surface area contributed by atoms with Crippen molar-refractivity contribution < 1.29 is 9.53 Å². The van der Waals surface area contributed by atoms with E-state index in [0.29, 0.717) is 5.75 Å². The smallest absolute Gasteiger partial charge is 0.314 e. The predicted molar refractivity (Wildman–Crippen MR) is 98.0 cm³/mol. The molecular formula is C22H23NO2. The van der Waals surface area contributed by atoms with Gasteiger partial charge in [-0.05, 0) is 60.9 Å². The normalized spacial score (nSPS) is 19.8. The number of rotatable bonds is 4. The largest absolute Gasteiger partial charge is 0.426 e. The Labute approximate surface area is 149 Å². The molecule has 0 amide bonds. The third-order valence-corrected chi connectivity index (χ3v) is 5.01. The lowest BCUT2D eigenvalue weighted by Crippen LogP contribution is -2.25. The summed E-state index contributed by atoms with van der Waals surface area (Å²) in [5, 5.41) is 8.93. The van der Waals surface area contributed by atoms with Crippen molar-refractivity contribution in [2.75, 3.05) is 0 Å². The van der Waals surface area contributed by atoms with Crippen LogP contribution in [0.5, 0.6) is 5.75 Å². The zero-order valence-electron chi connectivity index (χ0n) is 14.6. The Kier molecular flexibility index (Phi) is 5.50. The SMILES string of the molecule is CCc1ccc(-c2ccc(OC(=O)[C@H]3CC[C@H](C#N)CC3)cc2)cc1. The monoisotopic (exact) mass is 333 g/mol. The van der Waals surface area contributed by atoms with Gasteiger partial charge < -0.3 is 4.74 Å². The van der Waals surface area contributed by atoms with Crippen molar-refractivity contribution in [1.29, 1.82) is 5.26 Å². The first-order chi connectivity index (χ1) is 12.2. The van der Waals surface area contributed by atoms with E-state index in [1.54, 1.807) is 0 Å². The molecule has 0 unspecified atom stereocenters. The average molecular weight is 333 g/mol. The minimum Gasteiger partial charge on any atom is -0.426 e. The van der Waals surface area contributed by atoms with E-state index >= 15 is 0 Å². The van der Waals surface area contributed by atoms with E-state index in [1.165, 1.54) is 5.56 Å². The van der Waals surface area contributed by atoms with Crippen LogP contribution in [-0.2, 0) is 11.2 Å². The molecule has 0 aliphatic heterocycles. The number of esters is 1. The van der Waals surface area contributed by atoms with Crippen LogP contribution in [0.25, 0.3) is 11.1 Å². The fourth-order valence-corrected chi connectivity index (χ4v) is 3.31. The van der Waals surface area contributed by atoms with Crippen LogP contribution >= 0.6 is 0 Å². The molecule has 0 radical (unpaired) electrons. The summed E-state index contributed by atoms with van der Waals surface area (Å²) >= 11 is 0. The number of carbonyl (C=O) groups excluding carboxylic acids is 1. The van der Waals surface area contributed by atoms with Crippen LogP contribution in [0, 0.1) is 23.2 Å². The second-order valence-corrected chi connectivity index (χ2v) is 6.67. The highest BCUT2D eigenvalue weighted by Crippen LogP contribution is 2.30. The van der Waals surface area contributed by atoms with Gasteiger partial charge in [0.25, 0.3) is 0 Å². The summed E-state index contributed by atoms with van der Waals surface area (Å²) in [7, 11) is 0. The molecule has 0 N–H and O–H groups in total. The lowest BCUT2D eigenvalue weighted by Gasteiger charge is -2.23. The maximum absolute atomic E-state index is 12.3. The number of ether oxygens (including phenoxy) is 1. The Bertz CT molecular complexity index is 748. The number of aryl methyl sites for hydroxylation is 1. The van der Waals surface area contributed by atoms with Crippen LogP contribution < -0.4 is 4.74 Å². The van der Waals surface area contributed by atoms with Crippen molar-refractivity contribution in [3.05, 3.63) is 54.1 Å². The van der Waals surface area contributed by atoms with E-state index in [4.69, 9.17) is 10.00 Å². The molecule has 1 aliphatic carbocycles. The molecule has 1 saturated carbocycles. The second kappa shape index (κ2) is 7.98. The number of nitrogens with zero attached hydrogens (tertiary/aromatic N) is 1. The van der Waals surface area contributed by atoms with Crippen molar-refractivity contribution in [1.82, 2.24) is 0 Å². The first kappa shape index (κ1) is 17.2. The number of hydrogen-bond donors (Lipinski definition) is 0. The van der Waals surface area contributed by atoms with Crippen LogP contribution in [0.4, 0.5) is 0 Å². The Hall–Kier alpha value is -2.60. The molecule has 0 bridgehead atoms. The first-order valence-electron chi connectivity index (χ1n) is 9.00. The van der Waals surface area contributed by atoms with Crippen molar-refractivity contribution in [3.8, 4) is 22.9 Å². The molecule has 128 valence electrons. The third kappa shape index (κ3) is 4.28. The highest BCUT2D eigenvalue weighted by atomic mass is 16.5. The Morgan fingerprint density at radius 3 is 2.08 bits per heavy atom. The Morgan fingerprint density at radius 1 is 1.00 bits per heavy atom. The Morgan fingerprint density at radius 2 is 1.56 bits per heavy atom. The number of benzene rings is 2. The van der Waals surface area contributed by atoms with E-state index in [1.807, 2.05) is 24.3 Å². The molecule has 3 rings (SSSR count). The molecule has 0 spiro atoms. The summed E-state index contributed by atoms with van der Waals surface area (Å²) in [6, 6.07) is 18.5. The summed E-state index contributed by atoms with van der Waals surface area (Å²) in [4.78, 5) is 12.3. The van der Waals surface area contributed by atoms with E-state index in [0.717, 1.165) is 43.2 Å². The van der Waals surface area contributed by atoms with Crippen LogP contribution in [-0.4, -0.2) is 5.97 Å². The predicted octanol–water partition coefficient (Wildman–Crippen LogP) is 5.15. The van der Waals surface area contributed by atoms with Gasteiger partial charge >= 0.3 is 5.97 Å². The van der Waals surface area contributed by atoms with Crippen LogP contribution in [0.15, 0.2) is 48.5 Å². The van der Waals surface area contributed by atoms with Crippen molar-refractivity contribution in [2.24, 2.45) is 11.8 Å². The van der Waals surface area contributed by atoms with E-state index in [9.17, 15) is 4.79 Å². The average Bonchev–Trinajstić information content (AvgIpc) is 2.68. The van der Waals surface area contributed by atoms with E-state index < -0.39 is 0 Å². The standard InChI is InChI=1S/C22H23NO2/c1-2-16-3-7-18(8-4-16)19-11-13-21(14-12-19)25-22(24)20-9-5-17(15-23)6-10-20/h3-4,7-8,11-14,17,20H,2,5-6,9-10H2,1H3/t17-,20-. The molecule has 25 heavy (non-hydrogen) atoms. The molecule has 3 nitrogen and oxygen atoms in total. The van der Waals surface area contributed by atoms with Gasteiger partial charge in [-0.1, -0.05) is 43.3 Å². The molecule has 1 aliphatic rings. The number of carbonyl (C=O) groups is 1. The molecule has 0 atom stereocenters. The highest BCUT2D eigenvalue weighted by Gasteiger charge is 2.27. The third-order valence-electron chi connectivity index (χ3n) is 5.01. The summed E-state index contributed by atoms with van der Waals surface area (Å²) in [5.41, 5.74) is 3.59. The summed E-state index contributed by atoms with van der Waals surface area (Å²) in [6.45, 7) is 2.14. The zero-order valence-corrected chi connectivity index (χ0v) is 14.6.